The number of hydrogen-bond donors (Lipinski definition) is 1. The van der Waals surface area contributed by atoms with Crippen molar-refractivity contribution in [1.82, 2.24) is 4.90 Å². The van der Waals surface area contributed by atoms with E-state index >= 15 is 0 Å². The lowest BCUT2D eigenvalue weighted by molar-refractivity contribution is -0.129. The predicted octanol–water partition coefficient (Wildman–Crippen LogP) is 2.22. The van der Waals surface area contributed by atoms with Gasteiger partial charge >= 0.3 is 0 Å². The monoisotopic (exact) mass is 268 g/mol. The van der Waals surface area contributed by atoms with E-state index < -0.39 is 23.7 Å². The van der Waals surface area contributed by atoms with Gasteiger partial charge in [-0.3, -0.25) is 4.79 Å². The first-order valence-corrected chi connectivity index (χ1v) is 6.40. The van der Waals surface area contributed by atoms with Crippen LogP contribution in [0.4, 0.5) is 8.78 Å². The first kappa shape index (κ1) is 13.9. The molecule has 1 saturated heterocycles. The van der Waals surface area contributed by atoms with Crippen molar-refractivity contribution in [3.05, 3.63) is 35.4 Å². The minimum atomic E-state index is -0.649. The molecule has 2 unspecified atom stereocenters. The van der Waals surface area contributed by atoms with Crippen molar-refractivity contribution in [3.8, 4) is 0 Å². The second-order valence-corrected chi connectivity index (χ2v) is 5.42. The average molecular weight is 268 g/mol. The number of benzene rings is 1. The van der Waals surface area contributed by atoms with E-state index in [0.29, 0.717) is 12.1 Å². The zero-order chi connectivity index (χ0) is 14.2. The standard InChI is InChI=1S/C14H18F2N2O/c1-8(2)7-18-13(19)6-12(17)14(18)10-4-3-9(15)5-11(10)16/h3-5,8,12,14H,6-7,17H2,1-2H3. The molecule has 19 heavy (non-hydrogen) atoms. The summed E-state index contributed by atoms with van der Waals surface area (Å²) in [6.45, 7) is 4.48. The van der Waals surface area contributed by atoms with E-state index in [9.17, 15) is 13.6 Å². The van der Waals surface area contributed by atoms with Crippen molar-refractivity contribution < 1.29 is 13.6 Å². The zero-order valence-electron chi connectivity index (χ0n) is 11.1. The topological polar surface area (TPSA) is 46.3 Å². The van der Waals surface area contributed by atoms with Crippen LogP contribution in [0.2, 0.25) is 0 Å². The van der Waals surface area contributed by atoms with E-state index in [0.717, 1.165) is 6.07 Å². The number of halogens is 2. The van der Waals surface area contributed by atoms with E-state index in [-0.39, 0.29) is 18.2 Å². The molecule has 1 aliphatic rings. The van der Waals surface area contributed by atoms with E-state index in [1.54, 1.807) is 4.90 Å². The summed E-state index contributed by atoms with van der Waals surface area (Å²) in [5.74, 6) is -1.09. The molecule has 0 aromatic heterocycles. The second kappa shape index (κ2) is 5.25. The molecule has 1 aromatic rings. The van der Waals surface area contributed by atoms with E-state index in [1.807, 2.05) is 13.8 Å². The summed E-state index contributed by atoms with van der Waals surface area (Å²) < 4.78 is 26.8. The third kappa shape index (κ3) is 2.76. The van der Waals surface area contributed by atoms with Crippen LogP contribution in [-0.2, 0) is 4.79 Å². The summed E-state index contributed by atoms with van der Waals surface area (Å²) in [6, 6.07) is 2.45. The van der Waals surface area contributed by atoms with E-state index in [2.05, 4.69) is 0 Å². The first-order valence-electron chi connectivity index (χ1n) is 6.40. The van der Waals surface area contributed by atoms with Crippen LogP contribution in [0.5, 0.6) is 0 Å². The van der Waals surface area contributed by atoms with Crippen LogP contribution >= 0.6 is 0 Å². The summed E-state index contributed by atoms with van der Waals surface area (Å²) >= 11 is 0. The van der Waals surface area contributed by atoms with Crippen LogP contribution in [-0.4, -0.2) is 23.4 Å². The fraction of sp³-hybridized carbons (Fsp3) is 0.500. The molecular weight excluding hydrogens is 250 g/mol. The van der Waals surface area contributed by atoms with Gasteiger partial charge in [0.25, 0.3) is 0 Å². The van der Waals surface area contributed by atoms with Gasteiger partial charge in [0, 0.05) is 30.6 Å². The Balaban J connectivity index is 2.36. The Kier molecular flexibility index (Phi) is 3.85. The quantitative estimate of drug-likeness (QED) is 0.913. The Hall–Kier alpha value is -1.49. The number of likely N-dealkylation sites (tertiary alicyclic amines) is 1. The van der Waals surface area contributed by atoms with Gasteiger partial charge in [0.2, 0.25) is 5.91 Å². The summed E-state index contributed by atoms with van der Waals surface area (Å²) in [5, 5.41) is 0. The third-order valence-electron chi connectivity index (χ3n) is 3.31. The molecule has 0 spiro atoms. The minimum absolute atomic E-state index is 0.0741. The van der Waals surface area contributed by atoms with Crippen molar-refractivity contribution in [2.45, 2.75) is 32.4 Å². The lowest BCUT2D eigenvalue weighted by Crippen LogP contribution is -2.36. The average Bonchev–Trinajstić information content (AvgIpc) is 2.54. The van der Waals surface area contributed by atoms with Crippen LogP contribution in [0.25, 0.3) is 0 Å². The van der Waals surface area contributed by atoms with Crippen LogP contribution in [0, 0.1) is 17.6 Å². The molecule has 104 valence electrons. The van der Waals surface area contributed by atoms with Gasteiger partial charge in [-0.1, -0.05) is 19.9 Å². The molecule has 1 fully saturated rings. The van der Waals surface area contributed by atoms with Crippen molar-refractivity contribution >= 4 is 5.91 Å². The maximum absolute atomic E-state index is 13.9. The van der Waals surface area contributed by atoms with Gasteiger partial charge in [-0.2, -0.15) is 0 Å². The molecule has 3 nitrogen and oxygen atoms in total. The van der Waals surface area contributed by atoms with E-state index in [4.69, 9.17) is 5.73 Å². The fourth-order valence-corrected chi connectivity index (χ4v) is 2.57. The maximum atomic E-state index is 13.9. The lowest BCUT2D eigenvalue weighted by atomic mass is 9.99. The van der Waals surface area contributed by atoms with Crippen LogP contribution in [0.15, 0.2) is 18.2 Å². The summed E-state index contributed by atoms with van der Waals surface area (Å²) in [4.78, 5) is 13.5. The highest BCUT2D eigenvalue weighted by molar-refractivity contribution is 5.80. The van der Waals surface area contributed by atoms with Gasteiger partial charge in [-0.05, 0) is 12.0 Å². The van der Waals surface area contributed by atoms with Gasteiger partial charge in [0.1, 0.15) is 11.6 Å². The predicted molar refractivity (Wildman–Crippen MR) is 68.2 cm³/mol. The van der Waals surface area contributed by atoms with Crippen molar-refractivity contribution in [2.24, 2.45) is 11.7 Å². The Morgan fingerprint density at radius 3 is 2.68 bits per heavy atom. The lowest BCUT2D eigenvalue weighted by Gasteiger charge is -2.29. The number of carbonyl (C=O) groups is 1. The SMILES string of the molecule is CC(C)CN1C(=O)CC(N)C1c1ccc(F)cc1F. The molecule has 0 bridgehead atoms. The highest BCUT2D eigenvalue weighted by Crippen LogP contribution is 2.34. The number of nitrogens with zero attached hydrogens (tertiary/aromatic N) is 1. The molecule has 1 aliphatic heterocycles. The minimum Gasteiger partial charge on any atom is -0.334 e. The fourth-order valence-electron chi connectivity index (χ4n) is 2.57. The molecule has 0 aliphatic carbocycles. The van der Waals surface area contributed by atoms with Crippen molar-refractivity contribution in [3.63, 3.8) is 0 Å². The number of carbonyl (C=O) groups excluding carboxylic acids is 1. The highest BCUT2D eigenvalue weighted by Gasteiger charge is 2.39. The smallest absolute Gasteiger partial charge is 0.224 e. The van der Waals surface area contributed by atoms with Crippen molar-refractivity contribution in [1.29, 1.82) is 0 Å². The Morgan fingerprint density at radius 1 is 1.42 bits per heavy atom. The molecule has 1 amide bonds. The third-order valence-corrected chi connectivity index (χ3v) is 3.31. The van der Waals surface area contributed by atoms with Crippen molar-refractivity contribution in [2.75, 3.05) is 6.54 Å². The molecule has 1 aromatic carbocycles. The van der Waals surface area contributed by atoms with Gasteiger partial charge in [-0.25, -0.2) is 8.78 Å². The molecule has 2 rings (SSSR count). The molecule has 1 heterocycles. The molecule has 2 N–H and O–H groups in total. The van der Waals surface area contributed by atoms with Crippen LogP contribution in [0.3, 0.4) is 0 Å². The number of hydrogen-bond acceptors (Lipinski definition) is 2. The Labute approximate surface area is 111 Å². The number of rotatable bonds is 3. The van der Waals surface area contributed by atoms with Gasteiger partial charge < -0.3 is 10.6 Å². The highest BCUT2D eigenvalue weighted by atomic mass is 19.1. The maximum Gasteiger partial charge on any atom is 0.224 e. The van der Waals surface area contributed by atoms with Crippen LogP contribution < -0.4 is 5.73 Å². The Morgan fingerprint density at radius 2 is 2.11 bits per heavy atom. The summed E-state index contributed by atoms with van der Waals surface area (Å²) in [7, 11) is 0. The summed E-state index contributed by atoms with van der Waals surface area (Å²) in [6.07, 6.45) is 0.203. The Bertz CT molecular complexity index is 490. The summed E-state index contributed by atoms with van der Waals surface area (Å²) in [5.41, 5.74) is 6.24. The van der Waals surface area contributed by atoms with Crippen LogP contribution in [0.1, 0.15) is 31.9 Å². The van der Waals surface area contributed by atoms with Gasteiger partial charge in [0.05, 0.1) is 6.04 Å². The normalized spacial score (nSPS) is 23.5. The number of amides is 1. The molecule has 0 radical (unpaired) electrons. The number of nitrogens with two attached hydrogens (primary N) is 1. The zero-order valence-corrected chi connectivity index (χ0v) is 11.1. The second-order valence-electron chi connectivity index (χ2n) is 5.42. The van der Waals surface area contributed by atoms with Gasteiger partial charge in [-0.15, -0.1) is 0 Å². The molecule has 5 heteroatoms. The first-order chi connectivity index (χ1) is 8.90. The van der Waals surface area contributed by atoms with Gasteiger partial charge in [0.15, 0.2) is 0 Å². The molecular formula is C14H18F2N2O. The largest absolute Gasteiger partial charge is 0.334 e. The molecule has 2 atom stereocenters. The molecule has 0 saturated carbocycles. The van der Waals surface area contributed by atoms with E-state index in [1.165, 1.54) is 12.1 Å².